The minimum Gasteiger partial charge on any atom is -0.343 e. The van der Waals surface area contributed by atoms with Crippen molar-refractivity contribution in [1.29, 1.82) is 0 Å². The Hall–Kier alpha value is -0.610. The van der Waals surface area contributed by atoms with Gasteiger partial charge in [-0.1, -0.05) is 0 Å². The van der Waals surface area contributed by atoms with Crippen molar-refractivity contribution in [1.82, 2.24) is 14.7 Å². The van der Waals surface area contributed by atoms with Crippen LogP contribution in [0.15, 0.2) is 0 Å². The maximum absolute atomic E-state index is 11.4. The van der Waals surface area contributed by atoms with Crippen LogP contribution >= 0.6 is 0 Å². The summed E-state index contributed by atoms with van der Waals surface area (Å²) in [6.45, 7) is 9.91. The van der Waals surface area contributed by atoms with Crippen LogP contribution in [0.25, 0.3) is 0 Å². The summed E-state index contributed by atoms with van der Waals surface area (Å²) in [4.78, 5) is 18.5. The standard InChI is InChI=1S/C15H27N3O/c1-13(19)18-5-3-15(4-6-18)11-14(15)12-17-9-7-16(2)8-10-17/h14H,3-12H2,1-2H3. The average Bonchev–Trinajstić information content (AvgIpc) is 3.05. The number of piperazine rings is 1. The Morgan fingerprint density at radius 3 is 2.32 bits per heavy atom. The molecule has 1 aliphatic carbocycles. The Bertz CT molecular complexity index is 341. The smallest absolute Gasteiger partial charge is 0.219 e. The van der Waals surface area contributed by atoms with Crippen LogP contribution in [0.1, 0.15) is 26.2 Å². The van der Waals surface area contributed by atoms with Gasteiger partial charge in [0, 0.05) is 52.7 Å². The van der Waals surface area contributed by atoms with E-state index < -0.39 is 0 Å². The van der Waals surface area contributed by atoms with Gasteiger partial charge in [0.15, 0.2) is 0 Å². The highest BCUT2D eigenvalue weighted by Gasteiger charge is 2.55. The number of hydrogen-bond donors (Lipinski definition) is 0. The first-order valence-corrected chi connectivity index (χ1v) is 7.75. The molecular weight excluding hydrogens is 238 g/mol. The number of nitrogens with zero attached hydrogens (tertiary/aromatic N) is 3. The van der Waals surface area contributed by atoms with E-state index in [2.05, 4.69) is 16.8 Å². The second-order valence-electron chi connectivity index (χ2n) is 6.87. The van der Waals surface area contributed by atoms with E-state index in [1.165, 1.54) is 52.0 Å². The maximum atomic E-state index is 11.4. The average molecular weight is 265 g/mol. The molecule has 4 nitrogen and oxygen atoms in total. The monoisotopic (exact) mass is 265 g/mol. The number of likely N-dealkylation sites (tertiary alicyclic amines) is 1. The van der Waals surface area contributed by atoms with E-state index in [0.29, 0.717) is 5.41 Å². The largest absolute Gasteiger partial charge is 0.343 e. The molecule has 1 spiro atoms. The summed E-state index contributed by atoms with van der Waals surface area (Å²) in [6.07, 6.45) is 3.89. The lowest BCUT2D eigenvalue weighted by Crippen LogP contribution is -2.45. The van der Waals surface area contributed by atoms with Gasteiger partial charge in [0.25, 0.3) is 0 Å². The van der Waals surface area contributed by atoms with Gasteiger partial charge in [-0.3, -0.25) is 4.79 Å². The van der Waals surface area contributed by atoms with E-state index in [9.17, 15) is 4.79 Å². The van der Waals surface area contributed by atoms with Crippen LogP contribution < -0.4 is 0 Å². The first kappa shape index (κ1) is 13.4. The van der Waals surface area contributed by atoms with Gasteiger partial charge in [-0.2, -0.15) is 0 Å². The Morgan fingerprint density at radius 1 is 1.11 bits per heavy atom. The molecule has 1 amide bonds. The molecule has 2 saturated heterocycles. The van der Waals surface area contributed by atoms with Crippen LogP contribution in [0.2, 0.25) is 0 Å². The summed E-state index contributed by atoms with van der Waals surface area (Å²) in [5.74, 6) is 1.16. The Labute approximate surface area is 116 Å². The summed E-state index contributed by atoms with van der Waals surface area (Å²) in [5.41, 5.74) is 0.606. The molecule has 0 aromatic carbocycles. The highest BCUT2D eigenvalue weighted by molar-refractivity contribution is 5.73. The molecule has 2 heterocycles. The van der Waals surface area contributed by atoms with E-state index in [0.717, 1.165) is 19.0 Å². The minimum absolute atomic E-state index is 0.256. The Balaban J connectivity index is 1.45. The van der Waals surface area contributed by atoms with Crippen molar-refractivity contribution in [2.45, 2.75) is 26.2 Å². The van der Waals surface area contributed by atoms with Gasteiger partial charge in [0.05, 0.1) is 0 Å². The second kappa shape index (κ2) is 5.06. The van der Waals surface area contributed by atoms with Gasteiger partial charge in [-0.25, -0.2) is 0 Å². The molecular formula is C15H27N3O. The zero-order valence-electron chi connectivity index (χ0n) is 12.4. The van der Waals surface area contributed by atoms with Crippen molar-refractivity contribution in [3.8, 4) is 0 Å². The molecule has 19 heavy (non-hydrogen) atoms. The summed E-state index contributed by atoms with van der Waals surface area (Å²) in [5, 5.41) is 0. The van der Waals surface area contributed by atoms with E-state index >= 15 is 0 Å². The Morgan fingerprint density at radius 2 is 1.74 bits per heavy atom. The number of amides is 1. The van der Waals surface area contributed by atoms with Gasteiger partial charge in [0.1, 0.15) is 0 Å². The van der Waals surface area contributed by atoms with Crippen LogP contribution in [0, 0.1) is 11.3 Å². The predicted molar refractivity (Wildman–Crippen MR) is 76.0 cm³/mol. The minimum atomic E-state index is 0.256. The third-order valence-electron chi connectivity index (χ3n) is 5.64. The lowest BCUT2D eigenvalue weighted by Gasteiger charge is -2.35. The molecule has 3 fully saturated rings. The van der Waals surface area contributed by atoms with E-state index in [-0.39, 0.29) is 5.91 Å². The van der Waals surface area contributed by atoms with E-state index in [4.69, 9.17) is 0 Å². The second-order valence-corrected chi connectivity index (χ2v) is 6.87. The lowest BCUT2D eigenvalue weighted by molar-refractivity contribution is -0.130. The molecule has 3 rings (SSSR count). The van der Waals surface area contributed by atoms with Crippen molar-refractivity contribution >= 4 is 5.91 Å². The van der Waals surface area contributed by atoms with E-state index in [1.54, 1.807) is 6.92 Å². The lowest BCUT2D eigenvalue weighted by atomic mass is 9.90. The Kier molecular flexibility index (Phi) is 3.56. The van der Waals surface area contributed by atoms with Crippen LogP contribution in [-0.4, -0.2) is 73.5 Å². The summed E-state index contributed by atoms with van der Waals surface area (Å²) in [7, 11) is 2.22. The number of carbonyl (C=O) groups is 1. The molecule has 1 unspecified atom stereocenters. The number of likely N-dealkylation sites (N-methyl/N-ethyl adjacent to an activating group) is 1. The van der Waals surface area contributed by atoms with Gasteiger partial charge >= 0.3 is 0 Å². The number of rotatable bonds is 2. The molecule has 1 saturated carbocycles. The first-order valence-electron chi connectivity index (χ1n) is 7.75. The van der Waals surface area contributed by atoms with Gasteiger partial charge in [0.2, 0.25) is 5.91 Å². The van der Waals surface area contributed by atoms with Crippen molar-refractivity contribution in [2.75, 3.05) is 52.9 Å². The molecule has 0 aromatic heterocycles. The van der Waals surface area contributed by atoms with Crippen molar-refractivity contribution in [2.24, 2.45) is 11.3 Å². The van der Waals surface area contributed by atoms with Gasteiger partial charge < -0.3 is 14.7 Å². The fourth-order valence-corrected chi connectivity index (χ4v) is 3.91. The predicted octanol–water partition coefficient (Wildman–Crippen LogP) is 0.882. The normalized spacial score (nSPS) is 31.7. The molecule has 0 aromatic rings. The summed E-state index contributed by atoms with van der Waals surface area (Å²) >= 11 is 0. The zero-order chi connectivity index (χ0) is 13.5. The fraction of sp³-hybridized carbons (Fsp3) is 0.933. The van der Waals surface area contributed by atoms with Crippen LogP contribution in [0.3, 0.4) is 0 Å². The first-order chi connectivity index (χ1) is 9.09. The highest BCUT2D eigenvalue weighted by atomic mass is 16.2. The molecule has 0 bridgehead atoms. The molecule has 0 N–H and O–H groups in total. The maximum Gasteiger partial charge on any atom is 0.219 e. The molecule has 1 atom stereocenters. The molecule has 3 aliphatic rings. The van der Waals surface area contributed by atoms with Gasteiger partial charge in [-0.05, 0) is 37.6 Å². The number of carbonyl (C=O) groups excluding carboxylic acids is 1. The topological polar surface area (TPSA) is 26.8 Å². The molecule has 0 radical (unpaired) electrons. The molecule has 108 valence electrons. The SMILES string of the molecule is CC(=O)N1CCC2(CC1)CC2CN1CCN(C)CC1. The van der Waals surface area contributed by atoms with Crippen molar-refractivity contribution in [3.63, 3.8) is 0 Å². The van der Waals surface area contributed by atoms with Gasteiger partial charge in [-0.15, -0.1) is 0 Å². The van der Waals surface area contributed by atoms with Crippen LogP contribution in [-0.2, 0) is 4.79 Å². The third-order valence-corrected chi connectivity index (χ3v) is 5.64. The van der Waals surface area contributed by atoms with Crippen molar-refractivity contribution in [3.05, 3.63) is 0 Å². The zero-order valence-corrected chi connectivity index (χ0v) is 12.4. The summed E-state index contributed by atoms with van der Waals surface area (Å²) < 4.78 is 0. The van der Waals surface area contributed by atoms with Crippen LogP contribution in [0.5, 0.6) is 0 Å². The summed E-state index contributed by atoms with van der Waals surface area (Å²) in [6, 6.07) is 0. The highest BCUT2D eigenvalue weighted by Crippen LogP contribution is 2.59. The number of piperidine rings is 1. The fourth-order valence-electron chi connectivity index (χ4n) is 3.91. The number of hydrogen-bond acceptors (Lipinski definition) is 3. The quantitative estimate of drug-likeness (QED) is 0.742. The molecule has 4 heteroatoms. The third kappa shape index (κ3) is 2.79. The van der Waals surface area contributed by atoms with E-state index in [1.807, 2.05) is 4.90 Å². The van der Waals surface area contributed by atoms with Crippen molar-refractivity contribution < 1.29 is 4.79 Å². The molecule has 2 aliphatic heterocycles. The van der Waals surface area contributed by atoms with Crippen LogP contribution in [0.4, 0.5) is 0 Å².